The van der Waals surface area contributed by atoms with Gasteiger partial charge >= 0.3 is 18.0 Å². The van der Waals surface area contributed by atoms with Gasteiger partial charge < -0.3 is 20.1 Å². The van der Waals surface area contributed by atoms with Gasteiger partial charge in [0.2, 0.25) is 0 Å². The van der Waals surface area contributed by atoms with Gasteiger partial charge in [0.1, 0.15) is 6.54 Å². The van der Waals surface area contributed by atoms with Crippen molar-refractivity contribution in [2.45, 2.75) is 39.7 Å². The van der Waals surface area contributed by atoms with Gasteiger partial charge in [0.15, 0.2) is 0 Å². The molecule has 0 saturated carbocycles. The van der Waals surface area contributed by atoms with E-state index in [2.05, 4.69) is 5.32 Å². The zero-order valence-corrected chi connectivity index (χ0v) is 11.6. The molecule has 7 nitrogen and oxygen atoms in total. The number of aliphatic carboxylic acids is 1. The summed E-state index contributed by atoms with van der Waals surface area (Å²) in [7, 11) is 0. The number of esters is 1. The Bertz CT molecular complexity index is 317. The van der Waals surface area contributed by atoms with Crippen LogP contribution >= 0.6 is 0 Å². The molecule has 0 saturated heterocycles. The molecular formula is C12H22N2O5. The monoisotopic (exact) mass is 274 g/mol. The SMILES string of the molecule is CCOC(=O)CN(C(=O)NCCCC(=O)O)C(C)C. The van der Waals surface area contributed by atoms with E-state index in [0.717, 1.165) is 0 Å². The third-order valence-electron chi connectivity index (χ3n) is 2.33. The van der Waals surface area contributed by atoms with Crippen LogP contribution in [0.2, 0.25) is 0 Å². The summed E-state index contributed by atoms with van der Waals surface area (Å²) < 4.78 is 4.79. The normalized spacial score (nSPS) is 10.1. The largest absolute Gasteiger partial charge is 0.481 e. The van der Waals surface area contributed by atoms with Gasteiger partial charge in [-0.15, -0.1) is 0 Å². The van der Waals surface area contributed by atoms with E-state index in [4.69, 9.17) is 9.84 Å². The molecule has 0 aromatic heterocycles. The molecule has 0 spiro atoms. The number of nitrogens with zero attached hydrogens (tertiary/aromatic N) is 1. The minimum Gasteiger partial charge on any atom is -0.481 e. The van der Waals surface area contributed by atoms with Crippen LogP contribution < -0.4 is 5.32 Å². The number of carbonyl (C=O) groups excluding carboxylic acids is 2. The molecule has 0 bridgehead atoms. The third kappa shape index (κ3) is 8.01. The quantitative estimate of drug-likeness (QED) is 0.505. The molecule has 0 fully saturated rings. The predicted molar refractivity (Wildman–Crippen MR) is 68.7 cm³/mol. The van der Waals surface area contributed by atoms with Crippen molar-refractivity contribution >= 4 is 18.0 Å². The summed E-state index contributed by atoms with van der Waals surface area (Å²) in [6.07, 6.45) is 0.353. The van der Waals surface area contributed by atoms with Crippen LogP contribution in [0, 0.1) is 0 Å². The maximum absolute atomic E-state index is 11.8. The molecule has 0 aliphatic rings. The van der Waals surface area contributed by atoms with Crippen molar-refractivity contribution < 1.29 is 24.2 Å². The number of urea groups is 1. The molecular weight excluding hydrogens is 252 g/mol. The Balaban J connectivity index is 4.18. The first-order valence-electron chi connectivity index (χ1n) is 6.30. The molecule has 2 N–H and O–H groups in total. The van der Waals surface area contributed by atoms with E-state index in [9.17, 15) is 14.4 Å². The molecule has 0 aliphatic carbocycles. The molecule has 0 rings (SSSR count). The fourth-order valence-corrected chi connectivity index (χ4v) is 1.37. The Labute approximate surface area is 112 Å². The maximum Gasteiger partial charge on any atom is 0.325 e. The van der Waals surface area contributed by atoms with Crippen LogP contribution in [0.15, 0.2) is 0 Å². The molecule has 0 radical (unpaired) electrons. The van der Waals surface area contributed by atoms with Crippen molar-refractivity contribution in [1.29, 1.82) is 0 Å². The first-order chi connectivity index (χ1) is 8.88. The van der Waals surface area contributed by atoms with E-state index in [0.29, 0.717) is 6.42 Å². The van der Waals surface area contributed by atoms with Crippen molar-refractivity contribution in [3.05, 3.63) is 0 Å². The minimum absolute atomic E-state index is 0.000164. The number of rotatable bonds is 8. The molecule has 0 aromatic rings. The summed E-state index contributed by atoms with van der Waals surface area (Å²) in [5.74, 6) is -1.36. The number of carboxylic acid groups (broad SMARTS) is 1. The summed E-state index contributed by atoms with van der Waals surface area (Å²) >= 11 is 0. The van der Waals surface area contributed by atoms with Gasteiger partial charge in [-0.2, -0.15) is 0 Å². The lowest BCUT2D eigenvalue weighted by Crippen LogP contribution is -2.47. The fourth-order valence-electron chi connectivity index (χ4n) is 1.37. The smallest absolute Gasteiger partial charge is 0.325 e. The average molecular weight is 274 g/mol. The van der Waals surface area contributed by atoms with Crippen LogP contribution in [-0.2, 0) is 14.3 Å². The van der Waals surface area contributed by atoms with Gasteiger partial charge in [-0.1, -0.05) is 0 Å². The number of nitrogens with one attached hydrogen (secondary N) is 1. The van der Waals surface area contributed by atoms with E-state index in [1.807, 2.05) is 0 Å². The second-order valence-corrected chi connectivity index (χ2v) is 4.26. The van der Waals surface area contributed by atoms with Gasteiger partial charge in [-0.05, 0) is 27.2 Å². The molecule has 0 aliphatic heterocycles. The molecule has 19 heavy (non-hydrogen) atoms. The zero-order chi connectivity index (χ0) is 14.8. The van der Waals surface area contributed by atoms with Crippen molar-refractivity contribution in [2.75, 3.05) is 19.7 Å². The zero-order valence-electron chi connectivity index (χ0n) is 11.6. The molecule has 110 valence electrons. The lowest BCUT2D eigenvalue weighted by Gasteiger charge is -2.25. The first-order valence-corrected chi connectivity index (χ1v) is 6.30. The highest BCUT2D eigenvalue weighted by Gasteiger charge is 2.20. The molecule has 7 heteroatoms. The molecule has 0 heterocycles. The van der Waals surface area contributed by atoms with Crippen LogP contribution in [0.25, 0.3) is 0 Å². The van der Waals surface area contributed by atoms with Crippen LogP contribution in [0.3, 0.4) is 0 Å². The van der Waals surface area contributed by atoms with Crippen molar-refractivity contribution in [2.24, 2.45) is 0 Å². The predicted octanol–water partition coefficient (Wildman–Crippen LogP) is 0.834. The van der Waals surface area contributed by atoms with Crippen LogP contribution in [0.4, 0.5) is 4.79 Å². The number of carboxylic acids is 1. The number of hydrogen-bond donors (Lipinski definition) is 2. The Morgan fingerprint density at radius 2 is 1.95 bits per heavy atom. The van der Waals surface area contributed by atoms with E-state index < -0.39 is 18.0 Å². The Kier molecular flexibility index (Phi) is 8.32. The Hall–Kier alpha value is -1.79. The lowest BCUT2D eigenvalue weighted by molar-refractivity contribution is -0.144. The Morgan fingerprint density at radius 3 is 2.42 bits per heavy atom. The molecule has 0 atom stereocenters. The van der Waals surface area contributed by atoms with E-state index in [1.165, 1.54) is 4.90 Å². The highest BCUT2D eigenvalue weighted by Crippen LogP contribution is 2.00. The van der Waals surface area contributed by atoms with E-state index in [1.54, 1.807) is 20.8 Å². The van der Waals surface area contributed by atoms with Gasteiger partial charge in [-0.3, -0.25) is 9.59 Å². The highest BCUT2D eigenvalue weighted by atomic mass is 16.5. The van der Waals surface area contributed by atoms with E-state index >= 15 is 0 Å². The number of ether oxygens (including phenoxy) is 1. The standard InChI is InChI=1S/C12H22N2O5/c1-4-19-11(17)8-14(9(2)3)12(18)13-7-5-6-10(15)16/h9H,4-8H2,1-3H3,(H,13,18)(H,15,16). The third-order valence-corrected chi connectivity index (χ3v) is 2.33. The minimum atomic E-state index is -0.901. The van der Waals surface area contributed by atoms with Crippen molar-refractivity contribution in [3.63, 3.8) is 0 Å². The number of hydrogen-bond acceptors (Lipinski definition) is 4. The summed E-state index contributed by atoms with van der Waals surface area (Å²) in [6, 6.07) is -0.544. The second kappa shape index (κ2) is 9.18. The summed E-state index contributed by atoms with van der Waals surface area (Å²) in [6.45, 7) is 5.69. The maximum atomic E-state index is 11.8. The second-order valence-electron chi connectivity index (χ2n) is 4.26. The first kappa shape index (κ1) is 17.2. The molecule has 0 aromatic carbocycles. The summed E-state index contributed by atoms with van der Waals surface area (Å²) in [4.78, 5) is 34.9. The van der Waals surface area contributed by atoms with Crippen LogP contribution in [0.5, 0.6) is 0 Å². The Morgan fingerprint density at radius 1 is 1.32 bits per heavy atom. The molecule has 0 unspecified atom stereocenters. The average Bonchev–Trinajstić information content (AvgIpc) is 2.31. The van der Waals surface area contributed by atoms with Gasteiger partial charge in [0.05, 0.1) is 6.61 Å². The van der Waals surface area contributed by atoms with Crippen molar-refractivity contribution in [1.82, 2.24) is 10.2 Å². The summed E-state index contributed by atoms with van der Waals surface area (Å²) in [5, 5.41) is 11.1. The van der Waals surface area contributed by atoms with Crippen LogP contribution in [-0.4, -0.2) is 53.7 Å². The number of carbonyl (C=O) groups is 3. The highest BCUT2D eigenvalue weighted by molar-refractivity contribution is 5.81. The van der Waals surface area contributed by atoms with Crippen LogP contribution in [0.1, 0.15) is 33.6 Å². The topological polar surface area (TPSA) is 95.9 Å². The lowest BCUT2D eigenvalue weighted by atomic mass is 10.3. The van der Waals surface area contributed by atoms with Gasteiger partial charge in [-0.25, -0.2) is 4.79 Å². The summed E-state index contributed by atoms with van der Waals surface area (Å²) in [5.41, 5.74) is 0. The fraction of sp³-hybridized carbons (Fsp3) is 0.750. The van der Waals surface area contributed by atoms with Gasteiger partial charge in [0, 0.05) is 19.0 Å². The number of amides is 2. The van der Waals surface area contributed by atoms with E-state index in [-0.39, 0.29) is 32.2 Å². The van der Waals surface area contributed by atoms with Crippen molar-refractivity contribution in [3.8, 4) is 0 Å². The van der Waals surface area contributed by atoms with Gasteiger partial charge in [0.25, 0.3) is 0 Å². The molecule has 2 amide bonds.